The predicted octanol–water partition coefficient (Wildman–Crippen LogP) is 2.76. The lowest BCUT2D eigenvalue weighted by atomic mass is 10.2. The highest BCUT2D eigenvalue weighted by Gasteiger charge is 2.32. The molecule has 8 heteroatoms. The molecule has 1 amide bonds. The average molecular weight is 297 g/mol. The minimum Gasteiger partial charge on any atom is -0.480 e. The molecule has 0 bridgehead atoms. The molecule has 2 heterocycles. The molecule has 0 aliphatic rings. The molecule has 0 aromatic carbocycles. The number of amides is 1. The topological polar surface area (TPSA) is 64.1 Å². The number of carbonyl (C=O) groups excluding carboxylic acids is 1. The van der Waals surface area contributed by atoms with Crippen LogP contribution in [0.4, 0.5) is 18.9 Å². The maximum atomic E-state index is 12.4. The van der Waals surface area contributed by atoms with Gasteiger partial charge in [0.15, 0.2) is 0 Å². The Hall–Kier alpha value is -2.64. The van der Waals surface area contributed by atoms with Gasteiger partial charge in [0.1, 0.15) is 11.4 Å². The summed E-state index contributed by atoms with van der Waals surface area (Å²) in [6, 6.07) is 4.94. The van der Waals surface area contributed by atoms with E-state index < -0.39 is 17.8 Å². The highest BCUT2D eigenvalue weighted by atomic mass is 19.4. The Morgan fingerprint density at radius 1 is 1.24 bits per heavy atom. The lowest BCUT2D eigenvalue weighted by molar-refractivity contribution is -0.141. The number of halogens is 3. The summed E-state index contributed by atoms with van der Waals surface area (Å²) in [5.74, 6) is -0.409. The number of nitrogens with one attached hydrogen (secondary N) is 1. The highest BCUT2D eigenvalue weighted by molar-refractivity contribution is 6.04. The molecule has 5 nitrogen and oxygen atoms in total. The van der Waals surface area contributed by atoms with Crippen molar-refractivity contribution in [3.63, 3.8) is 0 Å². The van der Waals surface area contributed by atoms with Crippen LogP contribution in [0.15, 0.2) is 36.7 Å². The molecule has 0 aliphatic carbocycles. The Kier molecular flexibility index (Phi) is 4.06. The van der Waals surface area contributed by atoms with Crippen LogP contribution in [0.25, 0.3) is 0 Å². The molecule has 110 valence electrons. The summed E-state index contributed by atoms with van der Waals surface area (Å²) in [6.07, 6.45) is -2.20. The molecule has 0 saturated heterocycles. The van der Waals surface area contributed by atoms with E-state index in [4.69, 9.17) is 4.74 Å². The Bertz CT molecular complexity index is 642. The SMILES string of the molecule is COc1ncccc1NC(=O)c1ccc(C(F)(F)F)nc1. The minimum atomic E-state index is -4.54. The molecule has 0 unspecified atom stereocenters. The molecule has 0 aliphatic heterocycles. The summed E-state index contributed by atoms with van der Waals surface area (Å²) in [7, 11) is 1.39. The zero-order valence-corrected chi connectivity index (χ0v) is 10.8. The molecule has 0 saturated carbocycles. The van der Waals surface area contributed by atoms with Gasteiger partial charge in [0, 0.05) is 12.4 Å². The first-order valence-corrected chi connectivity index (χ1v) is 5.75. The quantitative estimate of drug-likeness (QED) is 0.946. The van der Waals surface area contributed by atoms with E-state index in [1.807, 2.05) is 0 Å². The molecule has 0 atom stereocenters. The van der Waals surface area contributed by atoms with E-state index in [2.05, 4.69) is 15.3 Å². The van der Waals surface area contributed by atoms with Crippen molar-refractivity contribution in [1.29, 1.82) is 0 Å². The van der Waals surface area contributed by atoms with Crippen molar-refractivity contribution in [2.45, 2.75) is 6.18 Å². The van der Waals surface area contributed by atoms with Crippen LogP contribution in [0, 0.1) is 0 Å². The van der Waals surface area contributed by atoms with Crippen LogP contribution in [0.3, 0.4) is 0 Å². The fourth-order valence-electron chi connectivity index (χ4n) is 1.54. The van der Waals surface area contributed by atoms with Crippen molar-refractivity contribution in [2.24, 2.45) is 0 Å². The maximum absolute atomic E-state index is 12.4. The van der Waals surface area contributed by atoms with Crippen LogP contribution in [0.5, 0.6) is 5.88 Å². The Morgan fingerprint density at radius 2 is 2.00 bits per heavy atom. The Labute approximate surface area is 117 Å². The second-order valence-electron chi connectivity index (χ2n) is 3.94. The van der Waals surface area contributed by atoms with Crippen LogP contribution < -0.4 is 10.1 Å². The van der Waals surface area contributed by atoms with Crippen molar-refractivity contribution >= 4 is 11.6 Å². The second kappa shape index (κ2) is 5.78. The monoisotopic (exact) mass is 297 g/mol. The summed E-state index contributed by atoms with van der Waals surface area (Å²) in [5.41, 5.74) is -0.753. The number of alkyl halides is 3. The third-order valence-corrected chi connectivity index (χ3v) is 2.53. The second-order valence-corrected chi connectivity index (χ2v) is 3.94. The van der Waals surface area contributed by atoms with Gasteiger partial charge in [-0.1, -0.05) is 0 Å². The number of aromatic nitrogens is 2. The van der Waals surface area contributed by atoms with Gasteiger partial charge in [0.25, 0.3) is 5.91 Å². The molecule has 0 fully saturated rings. The van der Waals surface area contributed by atoms with E-state index in [1.165, 1.54) is 13.3 Å². The number of nitrogens with zero attached hydrogens (tertiary/aromatic N) is 2. The summed E-state index contributed by atoms with van der Waals surface area (Å²) < 4.78 is 42.1. The fraction of sp³-hybridized carbons (Fsp3) is 0.154. The number of methoxy groups -OCH3 is 1. The summed E-state index contributed by atoms with van der Waals surface area (Å²) in [5, 5.41) is 2.49. The van der Waals surface area contributed by atoms with Gasteiger partial charge in [-0.05, 0) is 24.3 Å². The van der Waals surface area contributed by atoms with Gasteiger partial charge in [0.05, 0.1) is 12.7 Å². The molecule has 2 rings (SSSR count). The lowest BCUT2D eigenvalue weighted by Gasteiger charge is -2.09. The Balaban J connectivity index is 2.17. The molecule has 21 heavy (non-hydrogen) atoms. The molecule has 1 N–H and O–H groups in total. The van der Waals surface area contributed by atoms with E-state index in [-0.39, 0.29) is 11.4 Å². The van der Waals surface area contributed by atoms with Gasteiger partial charge in [-0.25, -0.2) is 4.98 Å². The standard InChI is InChI=1S/C13H10F3N3O2/c1-21-12-9(3-2-6-17-12)19-11(20)8-4-5-10(18-7-8)13(14,15)16/h2-7H,1H3,(H,19,20). The van der Waals surface area contributed by atoms with E-state index in [1.54, 1.807) is 12.1 Å². The van der Waals surface area contributed by atoms with Crippen molar-refractivity contribution in [3.05, 3.63) is 47.9 Å². The first-order valence-electron chi connectivity index (χ1n) is 5.75. The minimum absolute atomic E-state index is 0.00564. The molecule has 0 radical (unpaired) electrons. The number of rotatable bonds is 3. The molecular weight excluding hydrogens is 287 g/mol. The van der Waals surface area contributed by atoms with Crippen molar-refractivity contribution in [1.82, 2.24) is 9.97 Å². The van der Waals surface area contributed by atoms with Crippen LogP contribution >= 0.6 is 0 Å². The number of anilines is 1. The normalized spacial score (nSPS) is 11.0. The lowest BCUT2D eigenvalue weighted by Crippen LogP contribution is -2.15. The smallest absolute Gasteiger partial charge is 0.433 e. The number of pyridine rings is 2. The largest absolute Gasteiger partial charge is 0.480 e. The fourth-order valence-corrected chi connectivity index (χ4v) is 1.54. The van der Waals surface area contributed by atoms with Crippen LogP contribution in [0.1, 0.15) is 16.1 Å². The van der Waals surface area contributed by atoms with E-state index in [9.17, 15) is 18.0 Å². The van der Waals surface area contributed by atoms with Crippen molar-refractivity contribution < 1.29 is 22.7 Å². The number of hydrogen-bond donors (Lipinski definition) is 1. The number of hydrogen-bond acceptors (Lipinski definition) is 4. The summed E-state index contributed by atoms with van der Waals surface area (Å²) in [6.45, 7) is 0. The van der Waals surface area contributed by atoms with E-state index in [0.29, 0.717) is 5.69 Å². The maximum Gasteiger partial charge on any atom is 0.433 e. The zero-order chi connectivity index (χ0) is 15.5. The molecular formula is C13H10F3N3O2. The van der Waals surface area contributed by atoms with E-state index in [0.717, 1.165) is 18.3 Å². The van der Waals surface area contributed by atoms with Gasteiger partial charge < -0.3 is 10.1 Å². The Morgan fingerprint density at radius 3 is 2.57 bits per heavy atom. The first kappa shape index (κ1) is 14.8. The van der Waals surface area contributed by atoms with Crippen LogP contribution in [0.2, 0.25) is 0 Å². The van der Waals surface area contributed by atoms with Gasteiger partial charge in [0.2, 0.25) is 5.88 Å². The number of ether oxygens (including phenoxy) is 1. The zero-order valence-electron chi connectivity index (χ0n) is 10.8. The van der Waals surface area contributed by atoms with E-state index >= 15 is 0 Å². The van der Waals surface area contributed by atoms with Crippen LogP contribution in [-0.4, -0.2) is 23.0 Å². The van der Waals surface area contributed by atoms with Crippen molar-refractivity contribution in [2.75, 3.05) is 12.4 Å². The van der Waals surface area contributed by atoms with Crippen LogP contribution in [-0.2, 0) is 6.18 Å². The molecule has 2 aromatic heterocycles. The molecule has 0 spiro atoms. The highest BCUT2D eigenvalue weighted by Crippen LogP contribution is 2.27. The average Bonchev–Trinajstić information content (AvgIpc) is 2.47. The number of carbonyl (C=O) groups is 1. The van der Waals surface area contributed by atoms with Gasteiger partial charge in [-0.3, -0.25) is 9.78 Å². The third kappa shape index (κ3) is 3.47. The van der Waals surface area contributed by atoms with Crippen molar-refractivity contribution in [3.8, 4) is 5.88 Å². The van der Waals surface area contributed by atoms with Gasteiger partial charge in [-0.2, -0.15) is 13.2 Å². The van der Waals surface area contributed by atoms with Gasteiger partial charge >= 0.3 is 6.18 Å². The summed E-state index contributed by atoms with van der Waals surface area (Å²) in [4.78, 5) is 19.0. The summed E-state index contributed by atoms with van der Waals surface area (Å²) >= 11 is 0. The molecule has 2 aromatic rings. The van der Waals surface area contributed by atoms with Gasteiger partial charge in [-0.15, -0.1) is 0 Å². The first-order chi connectivity index (χ1) is 9.91. The predicted molar refractivity (Wildman–Crippen MR) is 68.0 cm³/mol. The third-order valence-electron chi connectivity index (χ3n) is 2.53.